The fourth-order valence-corrected chi connectivity index (χ4v) is 2.44. The first-order valence-corrected chi connectivity index (χ1v) is 7.79. The van der Waals surface area contributed by atoms with Crippen LogP contribution in [-0.4, -0.2) is 23.7 Å². The van der Waals surface area contributed by atoms with Crippen molar-refractivity contribution in [1.29, 1.82) is 0 Å². The second kappa shape index (κ2) is 7.74. The third-order valence-electron chi connectivity index (χ3n) is 2.88. The van der Waals surface area contributed by atoms with E-state index in [-0.39, 0.29) is 30.5 Å². The number of aromatic nitrogens is 1. The molecule has 1 heterocycles. The molecule has 2 rings (SSSR count). The lowest BCUT2D eigenvalue weighted by atomic mass is 10.3. The first-order valence-electron chi connectivity index (χ1n) is 6.91. The van der Waals surface area contributed by atoms with Crippen molar-refractivity contribution < 1.29 is 13.9 Å². The summed E-state index contributed by atoms with van der Waals surface area (Å²) in [5.41, 5.74) is 0. The van der Waals surface area contributed by atoms with Crippen molar-refractivity contribution >= 4 is 17.4 Å². The molecule has 0 saturated carbocycles. The smallest absolute Gasteiger partial charge is 0.315 e. The average Bonchev–Trinajstić information content (AvgIpc) is 3.02. The van der Waals surface area contributed by atoms with Gasteiger partial charge >= 0.3 is 6.03 Å². The topological polar surface area (TPSA) is 63.2 Å². The summed E-state index contributed by atoms with van der Waals surface area (Å²) in [7, 11) is 0. The molecule has 2 atom stereocenters. The van der Waals surface area contributed by atoms with Crippen molar-refractivity contribution in [1.82, 2.24) is 15.6 Å². The molecule has 7 heteroatoms. The number of carbonyl (C=O) groups excluding carboxylic acids is 1. The Kier molecular flexibility index (Phi) is 5.71. The maximum absolute atomic E-state index is 13.4. The number of nitrogens with zero attached hydrogens (tertiary/aromatic N) is 1. The summed E-state index contributed by atoms with van der Waals surface area (Å²) in [5, 5.41) is 8.17. The third kappa shape index (κ3) is 4.70. The molecule has 2 aromatic rings. The van der Waals surface area contributed by atoms with Crippen molar-refractivity contribution in [2.24, 2.45) is 0 Å². The van der Waals surface area contributed by atoms with E-state index in [1.807, 2.05) is 12.3 Å². The van der Waals surface area contributed by atoms with Crippen LogP contribution in [0.3, 0.4) is 0 Å². The maximum Gasteiger partial charge on any atom is 0.315 e. The lowest BCUT2D eigenvalue weighted by Gasteiger charge is -2.17. The molecule has 2 amide bonds. The van der Waals surface area contributed by atoms with Gasteiger partial charge in [-0.25, -0.2) is 14.2 Å². The van der Waals surface area contributed by atoms with Gasteiger partial charge in [0, 0.05) is 11.6 Å². The Bertz CT molecular complexity index is 607. The molecule has 118 valence electrons. The van der Waals surface area contributed by atoms with Gasteiger partial charge in [0.2, 0.25) is 0 Å². The number of benzene rings is 1. The van der Waals surface area contributed by atoms with Crippen molar-refractivity contribution in [2.75, 3.05) is 6.54 Å². The monoisotopic (exact) mass is 323 g/mol. The van der Waals surface area contributed by atoms with Crippen molar-refractivity contribution in [2.45, 2.75) is 26.0 Å². The summed E-state index contributed by atoms with van der Waals surface area (Å²) in [6.45, 7) is 3.89. The van der Waals surface area contributed by atoms with Gasteiger partial charge in [-0.1, -0.05) is 12.1 Å². The van der Waals surface area contributed by atoms with E-state index in [0.29, 0.717) is 0 Å². The molecule has 0 aliphatic heterocycles. The number of para-hydroxylation sites is 1. The molecule has 2 N–H and O–H groups in total. The van der Waals surface area contributed by atoms with Gasteiger partial charge < -0.3 is 15.4 Å². The Labute approximate surface area is 132 Å². The number of carbonyl (C=O) groups is 1. The van der Waals surface area contributed by atoms with Gasteiger partial charge in [0.1, 0.15) is 11.1 Å². The van der Waals surface area contributed by atoms with Crippen LogP contribution in [0.5, 0.6) is 5.75 Å². The van der Waals surface area contributed by atoms with E-state index in [4.69, 9.17) is 4.74 Å². The van der Waals surface area contributed by atoms with Gasteiger partial charge in [0.15, 0.2) is 11.6 Å². The predicted molar refractivity (Wildman–Crippen MR) is 83.6 cm³/mol. The molecule has 1 aromatic carbocycles. The molecule has 0 unspecified atom stereocenters. The van der Waals surface area contributed by atoms with Crippen LogP contribution < -0.4 is 15.4 Å². The summed E-state index contributed by atoms with van der Waals surface area (Å²) >= 11 is 1.48. The minimum absolute atomic E-state index is 0.164. The Balaban J connectivity index is 1.75. The molecule has 0 aliphatic carbocycles. The molecule has 0 fully saturated rings. The summed E-state index contributed by atoms with van der Waals surface area (Å²) in [6, 6.07) is 5.70. The summed E-state index contributed by atoms with van der Waals surface area (Å²) in [6.07, 6.45) is 1.35. The van der Waals surface area contributed by atoms with Crippen LogP contribution in [-0.2, 0) is 0 Å². The average molecular weight is 323 g/mol. The number of nitrogens with one attached hydrogen (secondary N) is 2. The Morgan fingerprint density at radius 1 is 1.41 bits per heavy atom. The molecule has 0 spiro atoms. The lowest BCUT2D eigenvalue weighted by Crippen LogP contribution is -2.41. The zero-order valence-electron chi connectivity index (χ0n) is 12.4. The van der Waals surface area contributed by atoms with Crippen LogP contribution in [0.2, 0.25) is 0 Å². The quantitative estimate of drug-likeness (QED) is 0.858. The van der Waals surface area contributed by atoms with E-state index >= 15 is 0 Å². The van der Waals surface area contributed by atoms with Crippen LogP contribution >= 0.6 is 11.3 Å². The summed E-state index contributed by atoms with van der Waals surface area (Å²) < 4.78 is 18.9. The van der Waals surface area contributed by atoms with Crippen LogP contribution in [0, 0.1) is 5.82 Å². The van der Waals surface area contributed by atoms with Crippen LogP contribution in [0.1, 0.15) is 24.9 Å². The van der Waals surface area contributed by atoms with Gasteiger partial charge in [0.05, 0.1) is 12.6 Å². The van der Waals surface area contributed by atoms with Gasteiger partial charge in [-0.3, -0.25) is 0 Å². The van der Waals surface area contributed by atoms with Crippen molar-refractivity contribution in [3.8, 4) is 5.75 Å². The summed E-state index contributed by atoms with van der Waals surface area (Å²) in [4.78, 5) is 15.9. The van der Waals surface area contributed by atoms with E-state index < -0.39 is 5.82 Å². The first-order chi connectivity index (χ1) is 10.6. The number of halogens is 1. The molecular formula is C15H18FN3O2S. The minimum Gasteiger partial charge on any atom is -0.486 e. The predicted octanol–water partition coefficient (Wildman–Crippen LogP) is 3.11. The van der Waals surface area contributed by atoms with Gasteiger partial charge in [0.25, 0.3) is 0 Å². The van der Waals surface area contributed by atoms with Crippen molar-refractivity contribution in [3.63, 3.8) is 0 Å². The van der Waals surface area contributed by atoms with E-state index in [1.54, 1.807) is 31.3 Å². The van der Waals surface area contributed by atoms with E-state index in [0.717, 1.165) is 5.01 Å². The molecule has 1 aromatic heterocycles. The second-order valence-electron chi connectivity index (χ2n) is 4.81. The number of urea groups is 1. The molecule has 0 saturated heterocycles. The van der Waals surface area contributed by atoms with Gasteiger partial charge in [-0.05, 0) is 26.0 Å². The number of hydrogen-bond donors (Lipinski definition) is 2. The normalized spacial score (nSPS) is 13.2. The maximum atomic E-state index is 13.4. The van der Waals surface area contributed by atoms with Crippen LogP contribution in [0.25, 0.3) is 0 Å². The number of ether oxygens (including phenoxy) is 1. The number of thiazole rings is 1. The van der Waals surface area contributed by atoms with E-state index in [9.17, 15) is 9.18 Å². The summed E-state index contributed by atoms with van der Waals surface area (Å²) in [5.74, 6) is -0.246. The highest BCUT2D eigenvalue weighted by Gasteiger charge is 2.13. The zero-order chi connectivity index (χ0) is 15.9. The lowest BCUT2D eigenvalue weighted by molar-refractivity contribution is 0.200. The van der Waals surface area contributed by atoms with Gasteiger partial charge in [-0.15, -0.1) is 11.3 Å². The Morgan fingerprint density at radius 2 is 2.18 bits per heavy atom. The highest BCUT2D eigenvalue weighted by molar-refractivity contribution is 7.09. The highest BCUT2D eigenvalue weighted by atomic mass is 32.1. The molecule has 0 bridgehead atoms. The third-order valence-corrected chi connectivity index (χ3v) is 3.84. The highest BCUT2D eigenvalue weighted by Crippen LogP contribution is 2.17. The fraction of sp³-hybridized carbons (Fsp3) is 0.333. The SMILES string of the molecule is C[C@H](NC(=O)NC[C@H](C)Oc1ccccc1F)c1nccs1. The largest absolute Gasteiger partial charge is 0.486 e. The van der Waals surface area contributed by atoms with Crippen LogP contribution in [0.15, 0.2) is 35.8 Å². The fourth-order valence-electron chi connectivity index (χ4n) is 1.79. The van der Waals surface area contributed by atoms with E-state index in [2.05, 4.69) is 15.6 Å². The minimum atomic E-state index is -0.420. The molecule has 0 aliphatic rings. The molecule has 5 nitrogen and oxygen atoms in total. The number of hydrogen-bond acceptors (Lipinski definition) is 4. The molecule has 0 radical (unpaired) electrons. The first kappa shape index (κ1) is 16.2. The van der Waals surface area contributed by atoms with Crippen molar-refractivity contribution in [3.05, 3.63) is 46.7 Å². The van der Waals surface area contributed by atoms with Gasteiger partial charge in [-0.2, -0.15) is 0 Å². The Hall–Kier alpha value is -2.15. The molecule has 22 heavy (non-hydrogen) atoms. The zero-order valence-corrected chi connectivity index (χ0v) is 13.2. The number of rotatable bonds is 6. The molecular weight excluding hydrogens is 305 g/mol. The second-order valence-corrected chi connectivity index (χ2v) is 5.73. The number of amides is 2. The van der Waals surface area contributed by atoms with E-state index in [1.165, 1.54) is 17.4 Å². The standard InChI is InChI=1S/C15H18FN3O2S/c1-10(21-13-6-4-3-5-12(13)16)9-18-15(20)19-11(2)14-17-7-8-22-14/h3-8,10-11H,9H2,1-2H3,(H2,18,19,20)/t10-,11-/m0/s1. The van der Waals surface area contributed by atoms with Crippen LogP contribution in [0.4, 0.5) is 9.18 Å². The Morgan fingerprint density at radius 3 is 2.86 bits per heavy atom.